The Labute approximate surface area is 163 Å². The molecule has 2 fully saturated rings. The molecule has 2 N–H and O–H groups in total. The molecule has 0 aromatic heterocycles. The van der Waals surface area contributed by atoms with Crippen LogP contribution in [0.1, 0.15) is 19.8 Å². The minimum absolute atomic E-state index is 0.0226. The average molecular weight is 394 g/mol. The molecule has 9 heteroatoms. The third kappa shape index (κ3) is 4.52. The number of carbonyl (C=O) groups excluding carboxylic acids is 4. The second-order valence-corrected chi connectivity index (χ2v) is 6.64. The van der Waals surface area contributed by atoms with Crippen LogP contribution in [0.4, 0.5) is 4.79 Å². The van der Waals surface area contributed by atoms with Gasteiger partial charge in [-0.15, -0.1) is 0 Å². The number of esters is 2. The Morgan fingerprint density at radius 2 is 1.79 bits per heavy atom. The van der Waals surface area contributed by atoms with E-state index in [9.17, 15) is 19.2 Å². The summed E-state index contributed by atoms with van der Waals surface area (Å²) in [6.45, 7) is 8.53. The molecule has 4 atom stereocenters. The van der Waals surface area contributed by atoms with E-state index < -0.39 is 41.3 Å². The van der Waals surface area contributed by atoms with E-state index in [-0.39, 0.29) is 32.3 Å². The minimum Gasteiger partial charge on any atom is -0.465 e. The van der Waals surface area contributed by atoms with Gasteiger partial charge < -0.3 is 24.8 Å². The highest BCUT2D eigenvalue weighted by atomic mass is 16.5. The van der Waals surface area contributed by atoms with Gasteiger partial charge in [-0.05, 0) is 25.7 Å². The fraction of sp³-hybridized carbons (Fsp3) is 0.579. The molecule has 0 aromatic rings. The SMILES string of the molecule is C=CCOC(=O)N[C@@]1(C(=O)NCC(=O)OCC)CC[C@H]2[C@H](C(=O)OCC=C)[C@H]21. The molecule has 28 heavy (non-hydrogen) atoms. The van der Waals surface area contributed by atoms with E-state index in [2.05, 4.69) is 23.8 Å². The molecule has 9 nitrogen and oxygen atoms in total. The summed E-state index contributed by atoms with van der Waals surface area (Å²) in [5.41, 5.74) is -1.35. The van der Waals surface area contributed by atoms with Gasteiger partial charge in [0.2, 0.25) is 5.91 Å². The number of amides is 2. The van der Waals surface area contributed by atoms with Crippen molar-refractivity contribution in [3.8, 4) is 0 Å². The zero-order chi connectivity index (χ0) is 20.7. The maximum atomic E-state index is 12.9. The van der Waals surface area contributed by atoms with Crippen molar-refractivity contribution in [2.45, 2.75) is 25.3 Å². The highest BCUT2D eigenvalue weighted by molar-refractivity contribution is 5.95. The third-order valence-electron chi connectivity index (χ3n) is 4.99. The van der Waals surface area contributed by atoms with Crippen LogP contribution < -0.4 is 10.6 Å². The molecule has 0 aliphatic heterocycles. The molecule has 0 aromatic carbocycles. The van der Waals surface area contributed by atoms with Gasteiger partial charge in [-0.25, -0.2) is 4.79 Å². The number of hydrogen-bond acceptors (Lipinski definition) is 7. The Kier molecular flexibility index (Phi) is 7.19. The number of ether oxygens (including phenoxy) is 3. The zero-order valence-corrected chi connectivity index (χ0v) is 15.9. The summed E-state index contributed by atoms with van der Waals surface area (Å²) < 4.78 is 14.9. The molecule has 2 amide bonds. The number of rotatable bonds is 10. The van der Waals surface area contributed by atoms with Gasteiger partial charge in [0.15, 0.2) is 0 Å². The van der Waals surface area contributed by atoms with E-state index in [4.69, 9.17) is 14.2 Å². The van der Waals surface area contributed by atoms with Crippen molar-refractivity contribution in [1.29, 1.82) is 0 Å². The molecule has 0 heterocycles. The second kappa shape index (κ2) is 9.38. The van der Waals surface area contributed by atoms with Crippen molar-refractivity contribution in [1.82, 2.24) is 10.6 Å². The Bertz CT molecular complexity index is 663. The summed E-state index contributed by atoms with van der Waals surface area (Å²) in [4.78, 5) is 48.9. The number of alkyl carbamates (subject to hydrolysis) is 1. The van der Waals surface area contributed by atoms with Crippen LogP contribution in [0.3, 0.4) is 0 Å². The first-order valence-corrected chi connectivity index (χ1v) is 9.18. The highest BCUT2D eigenvalue weighted by Gasteiger charge is 2.72. The van der Waals surface area contributed by atoms with Crippen molar-refractivity contribution < 1.29 is 33.4 Å². The quantitative estimate of drug-likeness (QED) is 0.318. The first kappa shape index (κ1) is 21.5. The maximum absolute atomic E-state index is 12.9. The smallest absolute Gasteiger partial charge is 0.408 e. The first-order chi connectivity index (χ1) is 13.4. The van der Waals surface area contributed by atoms with E-state index in [1.807, 2.05) is 0 Å². The standard InChI is InChI=1S/C19H26N2O7/c1-4-9-27-16(23)14-12-7-8-19(15(12)14,21-18(25)28-10-5-2)17(24)20-11-13(22)26-6-3/h4-5,12,14-15H,1-2,6-11H2,3H3,(H,20,24)(H,21,25)/t12-,14-,15-,19-/m0/s1. The van der Waals surface area contributed by atoms with Crippen molar-refractivity contribution >= 4 is 23.9 Å². The third-order valence-corrected chi connectivity index (χ3v) is 4.99. The number of nitrogens with one attached hydrogen (secondary N) is 2. The van der Waals surface area contributed by atoms with E-state index in [1.54, 1.807) is 6.92 Å². The fourth-order valence-electron chi connectivity index (χ4n) is 3.87. The van der Waals surface area contributed by atoms with E-state index >= 15 is 0 Å². The molecule has 0 bridgehead atoms. The summed E-state index contributed by atoms with van der Waals surface area (Å²) in [5, 5.41) is 5.11. The molecule has 0 spiro atoms. The van der Waals surface area contributed by atoms with Gasteiger partial charge in [0.25, 0.3) is 0 Å². The Morgan fingerprint density at radius 3 is 2.43 bits per heavy atom. The lowest BCUT2D eigenvalue weighted by molar-refractivity contribution is -0.146. The lowest BCUT2D eigenvalue weighted by atomic mass is 9.89. The highest BCUT2D eigenvalue weighted by Crippen LogP contribution is 2.62. The summed E-state index contributed by atoms with van der Waals surface area (Å²) >= 11 is 0. The van der Waals surface area contributed by atoms with Gasteiger partial charge >= 0.3 is 18.0 Å². The molecule has 2 saturated carbocycles. The zero-order valence-electron chi connectivity index (χ0n) is 15.9. The number of hydrogen-bond donors (Lipinski definition) is 2. The number of carbonyl (C=O) groups is 4. The summed E-state index contributed by atoms with van der Waals surface area (Å²) in [7, 11) is 0. The molecule has 2 rings (SSSR count). The Hall–Kier alpha value is -2.84. The van der Waals surface area contributed by atoms with Crippen molar-refractivity contribution in [3.05, 3.63) is 25.3 Å². The molecular formula is C19H26N2O7. The van der Waals surface area contributed by atoms with Crippen LogP contribution in [0.15, 0.2) is 25.3 Å². The molecule has 0 unspecified atom stereocenters. The molecular weight excluding hydrogens is 368 g/mol. The predicted octanol–water partition coefficient (Wildman–Crippen LogP) is 0.702. The lowest BCUT2D eigenvalue weighted by Crippen LogP contribution is -2.60. The van der Waals surface area contributed by atoms with E-state index in [1.165, 1.54) is 12.2 Å². The van der Waals surface area contributed by atoms with Crippen LogP contribution in [0.2, 0.25) is 0 Å². The van der Waals surface area contributed by atoms with Crippen molar-refractivity contribution in [3.63, 3.8) is 0 Å². The van der Waals surface area contributed by atoms with Gasteiger partial charge in [0.1, 0.15) is 25.3 Å². The molecule has 0 radical (unpaired) electrons. The molecule has 2 aliphatic carbocycles. The van der Waals surface area contributed by atoms with Crippen molar-refractivity contribution in [2.24, 2.45) is 17.8 Å². The second-order valence-electron chi connectivity index (χ2n) is 6.64. The summed E-state index contributed by atoms with van der Waals surface area (Å²) in [6.07, 6.45) is 2.95. The Balaban J connectivity index is 2.13. The van der Waals surface area contributed by atoms with Gasteiger partial charge in [0.05, 0.1) is 12.5 Å². The lowest BCUT2D eigenvalue weighted by Gasteiger charge is -2.31. The minimum atomic E-state index is -1.35. The van der Waals surface area contributed by atoms with Gasteiger partial charge in [-0.2, -0.15) is 0 Å². The van der Waals surface area contributed by atoms with Gasteiger partial charge in [-0.1, -0.05) is 25.3 Å². The van der Waals surface area contributed by atoms with Crippen LogP contribution in [-0.4, -0.2) is 55.8 Å². The molecule has 2 aliphatic rings. The van der Waals surface area contributed by atoms with Gasteiger partial charge in [-0.3, -0.25) is 14.4 Å². The van der Waals surface area contributed by atoms with Crippen LogP contribution >= 0.6 is 0 Å². The maximum Gasteiger partial charge on any atom is 0.408 e. The predicted molar refractivity (Wildman–Crippen MR) is 97.9 cm³/mol. The van der Waals surface area contributed by atoms with Crippen LogP contribution in [0.25, 0.3) is 0 Å². The molecule has 154 valence electrons. The van der Waals surface area contributed by atoms with Crippen LogP contribution in [-0.2, 0) is 28.6 Å². The summed E-state index contributed by atoms with van der Waals surface area (Å²) in [6, 6.07) is 0. The largest absolute Gasteiger partial charge is 0.465 e. The first-order valence-electron chi connectivity index (χ1n) is 9.18. The van der Waals surface area contributed by atoms with E-state index in [0.717, 1.165) is 0 Å². The fourth-order valence-corrected chi connectivity index (χ4v) is 3.87. The van der Waals surface area contributed by atoms with E-state index in [0.29, 0.717) is 12.8 Å². The molecule has 0 saturated heterocycles. The summed E-state index contributed by atoms with van der Waals surface area (Å²) in [5.74, 6) is -2.58. The monoisotopic (exact) mass is 394 g/mol. The topological polar surface area (TPSA) is 120 Å². The van der Waals surface area contributed by atoms with Crippen LogP contribution in [0.5, 0.6) is 0 Å². The Morgan fingerprint density at radius 1 is 1.11 bits per heavy atom. The number of fused-ring (bicyclic) bond motifs is 1. The average Bonchev–Trinajstić information content (AvgIpc) is 3.30. The normalized spacial score (nSPS) is 27.0. The van der Waals surface area contributed by atoms with Gasteiger partial charge in [0, 0.05) is 5.92 Å². The van der Waals surface area contributed by atoms with Crippen molar-refractivity contribution in [2.75, 3.05) is 26.4 Å². The van der Waals surface area contributed by atoms with Crippen LogP contribution in [0, 0.1) is 17.8 Å².